The summed E-state index contributed by atoms with van der Waals surface area (Å²) in [6.07, 6.45) is 8.85. The predicted octanol–water partition coefficient (Wildman–Crippen LogP) is 3.77. The van der Waals surface area contributed by atoms with Crippen LogP contribution in [0.5, 0.6) is 0 Å². The van der Waals surface area contributed by atoms with Gasteiger partial charge in [0, 0.05) is 44.4 Å². The summed E-state index contributed by atoms with van der Waals surface area (Å²) in [7, 11) is 0. The van der Waals surface area contributed by atoms with E-state index in [1.165, 1.54) is 0 Å². The van der Waals surface area contributed by atoms with Crippen molar-refractivity contribution in [2.24, 2.45) is 5.92 Å². The Hall–Kier alpha value is -3.10. The second-order valence-corrected chi connectivity index (χ2v) is 9.61. The number of fused-ring (bicyclic) bond motifs is 2. The first-order valence-electron chi connectivity index (χ1n) is 12.0. The minimum absolute atomic E-state index is 0.0635. The molecule has 5 heterocycles. The number of amides is 1. The molecule has 7 nitrogen and oxygen atoms in total. The highest BCUT2D eigenvalue weighted by Crippen LogP contribution is 2.32. The molecule has 0 spiro atoms. The highest BCUT2D eigenvalue weighted by atomic mass is 19.3. The van der Waals surface area contributed by atoms with E-state index in [-0.39, 0.29) is 24.3 Å². The lowest BCUT2D eigenvalue weighted by Gasteiger charge is -2.38. The number of carbonyl (C=O) groups excluding carboxylic acids is 1. The second kappa shape index (κ2) is 9.27. The number of anilines is 1. The Morgan fingerprint density at radius 3 is 2.82 bits per heavy atom. The molecule has 3 aromatic rings. The summed E-state index contributed by atoms with van der Waals surface area (Å²) < 4.78 is 28.0. The summed E-state index contributed by atoms with van der Waals surface area (Å²) in [5.74, 6) is -1.48. The summed E-state index contributed by atoms with van der Waals surface area (Å²) in [5, 5.41) is 4.19. The molecule has 9 heteroatoms. The normalized spacial score (nSPS) is 20.9. The Balaban J connectivity index is 1.14. The van der Waals surface area contributed by atoms with Gasteiger partial charge in [-0.3, -0.25) is 4.79 Å². The van der Waals surface area contributed by atoms with E-state index in [4.69, 9.17) is 0 Å². The lowest BCUT2D eigenvalue weighted by Crippen LogP contribution is -2.51. The number of alkyl halides is 2. The van der Waals surface area contributed by atoms with Gasteiger partial charge >= 0.3 is 0 Å². The zero-order valence-electron chi connectivity index (χ0n) is 19.4. The highest BCUT2D eigenvalue weighted by Gasteiger charge is 2.42. The second-order valence-electron chi connectivity index (χ2n) is 9.61. The van der Waals surface area contributed by atoms with Crippen LogP contribution in [0.2, 0.25) is 0 Å². The van der Waals surface area contributed by atoms with Gasteiger partial charge in [0.2, 0.25) is 11.8 Å². The SMILES string of the molecule is CC(F)(F)CCc1ccc(N2CCN3C(=O)[C@@H](CCCc4cccn5ncnc45)C[C@H]3C2)nc1. The van der Waals surface area contributed by atoms with E-state index < -0.39 is 5.92 Å². The molecule has 0 radical (unpaired) electrons. The molecule has 180 valence electrons. The summed E-state index contributed by atoms with van der Waals surface area (Å²) >= 11 is 0. The van der Waals surface area contributed by atoms with Gasteiger partial charge in [-0.25, -0.2) is 23.3 Å². The zero-order valence-corrected chi connectivity index (χ0v) is 19.4. The molecule has 0 N–H and O–H groups in total. The quantitative estimate of drug-likeness (QED) is 0.504. The first-order chi connectivity index (χ1) is 16.4. The Labute approximate surface area is 197 Å². The van der Waals surface area contributed by atoms with Gasteiger partial charge in [-0.05, 0) is 62.3 Å². The van der Waals surface area contributed by atoms with Crippen molar-refractivity contribution in [3.05, 3.63) is 54.1 Å². The third-order valence-electron chi connectivity index (χ3n) is 7.04. The third-order valence-corrected chi connectivity index (χ3v) is 7.04. The maximum atomic E-state index is 13.1. The van der Waals surface area contributed by atoms with Gasteiger partial charge in [-0.15, -0.1) is 0 Å². The minimum Gasteiger partial charge on any atom is -0.353 e. The summed E-state index contributed by atoms with van der Waals surface area (Å²) in [6, 6.07) is 8.06. The summed E-state index contributed by atoms with van der Waals surface area (Å²) in [6.45, 7) is 3.15. The molecule has 2 aliphatic rings. The Bertz CT molecular complexity index is 1140. The van der Waals surface area contributed by atoms with Crippen LogP contribution >= 0.6 is 0 Å². The summed E-state index contributed by atoms with van der Waals surface area (Å²) in [4.78, 5) is 26.1. The number of aryl methyl sites for hydroxylation is 2. The highest BCUT2D eigenvalue weighted by molar-refractivity contribution is 5.82. The van der Waals surface area contributed by atoms with E-state index in [9.17, 15) is 13.6 Å². The Kier molecular flexibility index (Phi) is 6.18. The van der Waals surface area contributed by atoms with Crippen molar-refractivity contribution in [2.45, 2.75) is 57.4 Å². The number of rotatable bonds is 8. The molecular weight excluding hydrogens is 438 g/mol. The Morgan fingerprint density at radius 2 is 2.03 bits per heavy atom. The largest absolute Gasteiger partial charge is 0.353 e. The van der Waals surface area contributed by atoms with Crippen LogP contribution in [-0.2, 0) is 17.6 Å². The van der Waals surface area contributed by atoms with Crippen LogP contribution in [0, 0.1) is 5.92 Å². The standard InChI is InChI=1S/C25H30F2N6O/c1-25(26,27)10-9-18-7-8-22(28-15-18)31-12-13-32-21(16-31)14-20(24(32)34)5-2-4-19-6-3-11-33-23(19)29-17-30-33/h3,6-8,11,15,17,20-21H,2,4-5,9-10,12-14,16H2,1H3/t20-,21-/m0/s1. The van der Waals surface area contributed by atoms with Crippen molar-refractivity contribution in [2.75, 3.05) is 24.5 Å². The topological polar surface area (TPSA) is 66.6 Å². The number of hydrogen-bond acceptors (Lipinski definition) is 5. The molecule has 0 aromatic carbocycles. The van der Waals surface area contributed by atoms with Crippen molar-refractivity contribution >= 4 is 17.4 Å². The molecule has 2 saturated heterocycles. The van der Waals surface area contributed by atoms with Crippen molar-refractivity contribution in [1.82, 2.24) is 24.5 Å². The average Bonchev–Trinajstić information content (AvgIpc) is 3.42. The van der Waals surface area contributed by atoms with Gasteiger partial charge in [0.25, 0.3) is 0 Å². The van der Waals surface area contributed by atoms with E-state index in [0.29, 0.717) is 13.0 Å². The smallest absolute Gasteiger partial charge is 0.245 e. The van der Waals surface area contributed by atoms with Crippen LogP contribution in [0.4, 0.5) is 14.6 Å². The number of piperazine rings is 1. The molecule has 0 bridgehead atoms. The van der Waals surface area contributed by atoms with Gasteiger partial charge in [-0.1, -0.05) is 12.1 Å². The molecule has 1 amide bonds. The van der Waals surface area contributed by atoms with Crippen molar-refractivity contribution in [3.8, 4) is 0 Å². The average molecular weight is 469 g/mol. The van der Waals surface area contributed by atoms with Crippen molar-refractivity contribution in [3.63, 3.8) is 0 Å². The van der Waals surface area contributed by atoms with E-state index in [1.54, 1.807) is 17.0 Å². The van der Waals surface area contributed by atoms with E-state index in [0.717, 1.165) is 68.3 Å². The predicted molar refractivity (Wildman–Crippen MR) is 125 cm³/mol. The fraction of sp³-hybridized carbons (Fsp3) is 0.520. The monoisotopic (exact) mass is 468 g/mol. The molecule has 2 atom stereocenters. The maximum Gasteiger partial charge on any atom is 0.245 e. The van der Waals surface area contributed by atoms with E-state index in [2.05, 4.69) is 26.0 Å². The van der Waals surface area contributed by atoms with Gasteiger partial charge in [0.05, 0.1) is 6.04 Å². The van der Waals surface area contributed by atoms with Crippen LogP contribution < -0.4 is 4.90 Å². The number of pyridine rings is 2. The lowest BCUT2D eigenvalue weighted by molar-refractivity contribution is -0.132. The fourth-order valence-corrected chi connectivity index (χ4v) is 5.21. The summed E-state index contributed by atoms with van der Waals surface area (Å²) in [5.41, 5.74) is 2.86. The number of hydrogen-bond donors (Lipinski definition) is 0. The molecule has 34 heavy (non-hydrogen) atoms. The van der Waals surface area contributed by atoms with E-state index in [1.807, 2.05) is 29.3 Å². The van der Waals surface area contributed by atoms with E-state index >= 15 is 0 Å². The van der Waals surface area contributed by atoms with Crippen LogP contribution in [-0.4, -0.2) is 62.0 Å². The molecule has 0 unspecified atom stereocenters. The zero-order chi connectivity index (χ0) is 23.7. The van der Waals surface area contributed by atoms with Gasteiger partial charge < -0.3 is 9.80 Å². The number of halogens is 2. The number of carbonyl (C=O) groups is 1. The minimum atomic E-state index is -2.66. The molecule has 0 aliphatic carbocycles. The first kappa shape index (κ1) is 22.7. The van der Waals surface area contributed by atoms with Gasteiger partial charge in [0.1, 0.15) is 12.1 Å². The fourth-order valence-electron chi connectivity index (χ4n) is 5.21. The molecule has 3 aromatic heterocycles. The molecule has 0 saturated carbocycles. The lowest BCUT2D eigenvalue weighted by atomic mass is 9.96. The molecule has 2 aliphatic heterocycles. The number of nitrogens with zero attached hydrogens (tertiary/aromatic N) is 6. The Morgan fingerprint density at radius 1 is 1.15 bits per heavy atom. The molecule has 2 fully saturated rings. The number of aromatic nitrogens is 4. The maximum absolute atomic E-state index is 13.1. The van der Waals surface area contributed by atoms with Gasteiger partial charge in [-0.2, -0.15) is 5.10 Å². The molecular formula is C25H30F2N6O. The molecule has 5 rings (SSSR count). The van der Waals surface area contributed by atoms with Crippen molar-refractivity contribution < 1.29 is 13.6 Å². The van der Waals surface area contributed by atoms with Crippen LogP contribution in [0.3, 0.4) is 0 Å². The van der Waals surface area contributed by atoms with Crippen LogP contribution in [0.1, 0.15) is 43.7 Å². The van der Waals surface area contributed by atoms with Crippen LogP contribution in [0.25, 0.3) is 5.65 Å². The van der Waals surface area contributed by atoms with Gasteiger partial charge in [0.15, 0.2) is 5.65 Å². The van der Waals surface area contributed by atoms with Crippen LogP contribution in [0.15, 0.2) is 43.0 Å². The third kappa shape index (κ3) is 4.88. The first-order valence-corrected chi connectivity index (χ1v) is 12.0. The van der Waals surface area contributed by atoms with Crippen molar-refractivity contribution in [1.29, 1.82) is 0 Å².